The van der Waals surface area contributed by atoms with Crippen LogP contribution in [-0.2, 0) is 6.42 Å². The standard InChI is InChI=1S/C23H28N4O/c1-3-18-15(2)26-19-7-6-8-20(22(19)23(18)24)28-17-12-10-16(11-13-17)27-21-9-4-5-14-25-21/h4-9,14,16-17H,3,10-13H2,1-2H3,(H2,24,26)(H,25,27). The minimum absolute atomic E-state index is 0.207. The van der Waals surface area contributed by atoms with E-state index in [1.165, 1.54) is 0 Å². The topological polar surface area (TPSA) is 73.1 Å². The van der Waals surface area contributed by atoms with Gasteiger partial charge in [0, 0.05) is 23.6 Å². The van der Waals surface area contributed by atoms with Crippen LogP contribution in [0.1, 0.15) is 43.9 Å². The average Bonchev–Trinajstić information content (AvgIpc) is 2.70. The van der Waals surface area contributed by atoms with Gasteiger partial charge >= 0.3 is 0 Å². The summed E-state index contributed by atoms with van der Waals surface area (Å²) < 4.78 is 6.42. The molecule has 1 aliphatic rings. The van der Waals surface area contributed by atoms with Gasteiger partial charge in [0.1, 0.15) is 11.6 Å². The first-order valence-electron chi connectivity index (χ1n) is 10.2. The maximum atomic E-state index is 6.51. The highest BCUT2D eigenvalue weighted by atomic mass is 16.5. The molecule has 0 aliphatic heterocycles. The monoisotopic (exact) mass is 376 g/mol. The molecule has 0 spiro atoms. The number of anilines is 2. The Bertz CT molecular complexity index is 950. The van der Waals surface area contributed by atoms with Gasteiger partial charge in [-0.3, -0.25) is 4.98 Å². The molecule has 0 bridgehead atoms. The molecule has 146 valence electrons. The highest BCUT2D eigenvalue weighted by Crippen LogP contribution is 2.35. The fourth-order valence-corrected chi connectivity index (χ4v) is 4.18. The molecular formula is C23H28N4O. The van der Waals surface area contributed by atoms with Crippen molar-refractivity contribution in [2.24, 2.45) is 0 Å². The van der Waals surface area contributed by atoms with Gasteiger partial charge in [-0.05, 0) is 68.9 Å². The lowest BCUT2D eigenvalue weighted by atomic mass is 9.93. The number of nitrogen functional groups attached to an aromatic ring is 1. The number of pyridine rings is 2. The van der Waals surface area contributed by atoms with Gasteiger partial charge in [-0.25, -0.2) is 4.98 Å². The third-order valence-electron chi connectivity index (χ3n) is 5.66. The number of aromatic nitrogens is 2. The van der Waals surface area contributed by atoms with Crippen LogP contribution in [0.4, 0.5) is 11.5 Å². The summed E-state index contributed by atoms with van der Waals surface area (Å²) in [7, 11) is 0. The number of ether oxygens (including phenoxy) is 1. The zero-order chi connectivity index (χ0) is 19.5. The van der Waals surface area contributed by atoms with Gasteiger partial charge in [0.15, 0.2) is 0 Å². The summed E-state index contributed by atoms with van der Waals surface area (Å²) >= 11 is 0. The smallest absolute Gasteiger partial charge is 0.131 e. The summed E-state index contributed by atoms with van der Waals surface area (Å²) in [5, 5.41) is 4.49. The van der Waals surface area contributed by atoms with E-state index < -0.39 is 0 Å². The Hall–Kier alpha value is -2.82. The summed E-state index contributed by atoms with van der Waals surface area (Å²) in [5.41, 5.74) is 10.4. The van der Waals surface area contributed by atoms with Crippen LogP contribution in [-0.4, -0.2) is 22.1 Å². The van der Waals surface area contributed by atoms with Crippen molar-refractivity contribution >= 4 is 22.4 Å². The lowest BCUT2D eigenvalue weighted by Crippen LogP contribution is -2.31. The normalized spacial score (nSPS) is 19.5. The van der Waals surface area contributed by atoms with Crippen LogP contribution in [0.15, 0.2) is 42.6 Å². The second-order valence-corrected chi connectivity index (χ2v) is 7.54. The summed E-state index contributed by atoms with van der Waals surface area (Å²) in [6, 6.07) is 12.4. The molecule has 28 heavy (non-hydrogen) atoms. The molecule has 0 atom stereocenters. The van der Waals surface area contributed by atoms with Crippen molar-refractivity contribution in [3.63, 3.8) is 0 Å². The minimum atomic E-state index is 0.207. The third-order valence-corrected chi connectivity index (χ3v) is 5.66. The molecule has 3 N–H and O–H groups in total. The van der Waals surface area contributed by atoms with Crippen LogP contribution >= 0.6 is 0 Å². The molecule has 2 aromatic heterocycles. The Kier molecular flexibility index (Phi) is 5.33. The van der Waals surface area contributed by atoms with E-state index in [-0.39, 0.29) is 6.10 Å². The first kappa shape index (κ1) is 18.5. The van der Waals surface area contributed by atoms with Gasteiger partial charge in [0.2, 0.25) is 0 Å². The number of nitrogens with one attached hydrogen (secondary N) is 1. The van der Waals surface area contributed by atoms with E-state index in [4.69, 9.17) is 15.5 Å². The lowest BCUT2D eigenvalue weighted by Gasteiger charge is -2.30. The largest absolute Gasteiger partial charge is 0.490 e. The molecule has 5 heteroatoms. The fraction of sp³-hybridized carbons (Fsp3) is 0.391. The second kappa shape index (κ2) is 8.05. The number of fused-ring (bicyclic) bond motifs is 1. The Labute approximate surface area is 166 Å². The molecule has 1 aromatic carbocycles. The van der Waals surface area contributed by atoms with Crippen molar-refractivity contribution in [1.29, 1.82) is 0 Å². The minimum Gasteiger partial charge on any atom is -0.490 e. The van der Waals surface area contributed by atoms with E-state index >= 15 is 0 Å². The Morgan fingerprint density at radius 3 is 2.64 bits per heavy atom. The number of aryl methyl sites for hydroxylation is 1. The van der Waals surface area contributed by atoms with Crippen molar-refractivity contribution < 1.29 is 4.74 Å². The molecule has 0 radical (unpaired) electrons. The molecule has 0 saturated heterocycles. The molecule has 0 unspecified atom stereocenters. The van der Waals surface area contributed by atoms with Crippen molar-refractivity contribution in [2.45, 2.75) is 58.1 Å². The van der Waals surface area contributed by atoms with Gasteiger partial charge in [-0.1, -0.05) is 19.1 Å². The fourth-order valence-electron chi connectivity index (χ4n) is 4.18. The molecule has 4 rings (SSSR count). The van der Waals surface area contributed by atoms with Crippen LogP contribution in [0.3, 0.4) is 0 Å². The molecule has 0 amide bonds. The van der Waals surface area contributed by atoms with Crippen molar-refractivity contribution in [3.05, 3.63) is 53.9 Å². The molecular weight excluding hydrogens is 348 g/mol. The predicted octanol–water partition coefficient (Wildman–Crippen LogP) is 4.88. The number of hydrogen-bond donors (Lipinski definition) is 2. The average molecular weight is 377 g/mol. The van der Waals surface area contributed by atoms with Gasteiger partial charge in [-0.2, -0.15) is 0 Å². The predicted molar refractivity (Wildman–Crippen MR) is 115 cm³/mol. The molecule has 5 nitrogen and oxygen atoms in total. The zero-order valence-corrected chi connectivity index (χ0v) is 16.6. The van der Waals surface area contributed by atoms with E-state index in [9.17, 15) is 0 Å². The van der Waals surface area contributed by atoms with Crippen LogP contribution in [0.2, 0.25) is 0 Å². The van der Waals surface area contributed by atoms with Gasteiger partial charge in [0.25, 0.3) is 0 Å². The number of nitrogens with two attached hydrogens (primary N) is 1. The first-order chi connectivity index (χ1) is 13.7. The Morgan fingerprint density at radius 1 is 1.11 bits per heavy atom. The van der Waals surface area contributed by atoms with E-state index in [1.54, 1.807) is 0 Å². The van der Waals surface area contributed by atoms with Crippen LogP contribution in [0.5, 0.6) is 5.75 Å². The molecule has 3 aromatic rings. The Morgan fingerprint density at radius 2 is 1.93 bits per heavy atom. The molecule has 1 saturated carbocycles. The summed E-state index contributed by atoms with van der Waals surface area (Å²) in [6.45, 7) is 4.14. The van der Waals surface area contributed by atoms with Gasteiger partial charge in [-0.15, -0.1) is 0 Å². The molecule has 1 aliphatic carbocycles. The SMILES string of the molecule is CCc1c(C)nc2cccc(OC3CCC(Nc4ccccn4)CC3)c2c1N. The summed E-state index contributed by atoms with van der Waals surface area (Å²) in [6.07, 6.45) is 7.07. The van der Waals surface area contributed by atoms with E-state index in [0.717, 1.165) is 71.5 Å². The number of nitrogens with zero attached hydrogens (tertiary/aromatic N) is 2. The Balaban J connectivity index is 1.47. The highest BCUT2D eigenvalue weighted by Gasteiger charge is 2.24. The lowest BCUT2D eigenvalue weighted by molar-refractivity contribution is 0.152. The molecule has 2 heterocycles. The van der Waals surface area contributed by atoms with E-state index in [1.807, 2.05) is 49.5 Å². The first-order valence-corrected chi connectivity index (χ1v) is 10.2. The summed E-state index contributed by atoms with van der Waals surface area (Å²) in [4.78, 5) is 9.11. The zero-order valence-electron chi connectivity index (χ0n) is 16.6. The number of rotatable bonds is 5. The van der Waals surface area contributed by atoms with Crippen molar-refractivity contribution in [3.8, 4) is 5.75 Å². The van der Waals surface area contributed by atoms with Crippen LogP contribution in [0.25, 0.3) is 10.9 Å². The van der Waals surface area contributed by atoms with E-state index in [2.05, 4.69) is 17.2 Å². The van der Waals surface area contributed by atoms with Crippen molar-refractivity contribution in [1.82, 2.24) is 9.97 Å². The van der Waals surface area contributed by atoms with Crippen molar-refractivity contribution in [2.75, 3.05) is 11.1 Å². The van der Waals surface area contributed by atoms with E-state index in [0.29, 0.717) is 6.04 Å². The second-order valence-electron chi connectivity index (χ2n) is 7.54. The van der Waals surface area contributed by atoms with Gasteiger partial charge in [0.05, 0.1) is 17.0 Å². The third kappa shape index (κ3) is 3.75. The van der Waals surface area contributed by atoms with Gasteiger partial charge < -0.3 is 15.8 Å². The van der Waals surface area contributed by atoms with Crippen LogP contribution < -0.4 is 15.8 Å². The van der Waals surface area contributed by atoms with Crippen LogP contribution in [0, 0.1) is 6.92 Å². The number of benzene rings is 1. The quantitative estimate of drug-likeness (QED) is 0.663. The maximum absolute atomic E-state index is 6.51. The number of hydrogen-bond acceptors (Lipinski definition) is 5. The summed E-state index contributed by atoms with van der Waals surface area (Å²) in [5.74, 6) is 1.81. The maximum Gasteiger partial charge on any atom is 0.131 e. The highest BCUT2D eigenvalue weighted by molar-refractivity contribution is 5.97. The molecule has 1 fully saturated rings.